The van der Waals surface area contributed by atoms with Crippen LogP contribution in [-0.2, 0) is 6.42 Å². The van der Waals surface area contributed by atoms with Gasteiger partial charge < -0.3 is 0 Å². The van der Waals surface area contributed by atoms with Crippen molar-refractivity contribution in [3.8, 4) is 0 Å². The van der Waals surface area contributed by atoms with E-state index in [2.05, 4.69) is 15.9 Å². The third-order valence-corrected chi connectivity index (χ3v) is 4.63. The fourth-order valence-corrected chi connectivity index (χ4v) is 3.40. The van der Waals surface area contributed by atoms with E-state index < -0.39 is 5.92 Å². The summed E-state index contributed by atoms with van der Waals surface area (Å²) in [4.78, 5) is 25.5. The summed E-state index contributed by atoms with van der Waals surface area (Å²) >= 11 is 4.88. The van der Waals surface area contributed by atoms with E-state index in [4.69, 9.17) is 0 Å². The van der Waals surface area contributed by atoms with Crippen LogP contribution in [-0.4, -0.2) is 11.6 Å². The molecule has 1 atom stereocenters. The van der Waals surface area contributed by atoms with Gasteiger partial charge in [-0.3, -0.25) is 9.59 Å². The molecule has 0 saturated heterocycles. The lowest BCUT2D eigenvalue weighted by Gasteiger charge is -2.07. The molecule has 1 unspecified atom stereocenters. The number of fused-ring (bicyclic) bond motifs is 1. The van der Waals surface area contributed by atoms with Crippen LogP contribution in [0.2, 0.25) is 0 Å². The summed E-state index contributed by atoms with van der Waals surface area (Å²) in [7, 11) is 0. The Labute approximate surface area is 117 Å². The highest BCUT2D eigenvalue weighted by molar-refractivity contribution is 9.10. The van der Waals surface area contributed by atoms with Crippen molar-refractivity contribution in [3.05, 3.63) is 56.2 Å². The fraction of sp³-hybridized carbons (Fsp3) is 0.143. The van der Waals surface area contributed by atoms with E-state index in [1.807, 2.05) is 23.6 Å². The Kier molecular flexibility index (Phi) is 2.92. The molecule has 1 aromatic carbocycles. The SMILES string of the molecule is O=C(c1ccc(Br)cc1)C1Cc2sccc2C1=O. The van der Waals surface area contributed by atoms with Crippen LogP contribution in [0.4, 0.5) is 0 Å². The predicted octanol–water partition coefficient (Wildman–Crippen LogP) is 3.75. The third-order valence-electron chi connectivity index (χ3n) is 3.16. The van der Waals surface area contributed by atoms with Crippen LogP contribution in [0, 0.1) is 5.92 Å². The third kappa shape index (κ3) is 1.85. The van der Waals surface area contributed by atoms with Gasteiger partial charge in [-0.15, -0.1) is 11.3 Å². The second-order valence-corrected chi connectivity index (χ2v) is 6.17. The Bertz CT molecular complexity index is 627. The Morgan fingerprint density at radius 2 is 1.94 bits per heavy atom. The van der Waals surface area contributed by atoms with Gasteiger partial charge in [0.15, 0.2) is 11.6 Å². The normalized spacial score (nSPS) is 17.8. The summed E-state index contributed by atoms with van der Waals surface area (Å²) in [5, 5.41) is 1.91. The predicted molar refractivity (Wildman–Crippen MR) is 74.3 cm³/mol. The lowest BCUT2D eigenvalue weighted by Crippen LogP contribution is -2.20. The van der Waals surface area contributed by atoms with Crippen LogP contribution in [0.15, 0.2) is 40.2 Å². The lowest BCUT2D eigenvalue weighted by molar-refractivity contribution is 0.0822. The molecule has 1 aliphatic rings. The van der Waals surface area contributed by atoms with E-state index in [1.54, 1.807) is 23.5 Å². The highest BCUT2D eigenvalue weighted by Crippen LogP contribution is 2.32. The van der Waals surface area contributed by atoms with Gasteiger partial charge in [0.05, 0.1) is 5.92 Å². The van der Waals surface area contributed by atoms with E-state index in [9.17, 15) is 9.59 Å². The summed E-state index contributed by atoms with van der Waals surface area (Å²) in [6, 6.07) is 8.97. The molecule has 2 nitrogen and oxygen atoms in total. The smallest absolute Gasteiger partial charge is 0.175 e. The van der Waals surface area contributed by atoms with Gasteiger partial charge >= 0.3 is 0 Å². The summed E-state index contributed by atoms with van der Waals surface area (Å²) in [6.45, 7) is 0. The maximum Gasteiger partial charge on any atom is 0.175 e. The molecule has 0 fully saturated rings. The van der Waals surface area contributed by atoms with Crippen molar-refractivity contribution in [2.45, 2.75) is 6.42 Å². The van der Waals surface area contributed by atoms with E-state index in [0.717, 1.165) is 14.9 Å². The number of hydrogen-bond donors (Lipinski definition) is 0. The molecular formula is C14H9BrO2S. The van der Waals surface area contributed by atoms with Gasteiger partial charge in [-0.05, 0) is 30.0 Å². The van der Waals surface area contributed by atoms with Crippen LogP contribution < -0.4 is 0 Å². The van der Waals surface area contributed by atoms with Gasteiger partial charge in [0.25, 0.3) is 0 Å². The number of benzene rings is 1. The standard InChI is InChI=1S/C14H9BrO2S/c15-9-3-1-8(2-4-9)13(16)11-7-12-10(14(11)17)5-6-18-12/h1-6,11H,7H2. The van der Waals surface area contributed by atoms with Crippen molar-refractivity contribution >= 4 is 38.8 Å². The summed E-state index contributed by atoms with van der Waals surface area (Å²) < 4.78 is 0.927. The van der Waals surface area contributed by atoms with Crippen molar-refractivity contribution in [2.24, 2.45) is 5.92 Å². The molecule has 4 heteroatoms. The van der Waals surface area contributed by atoms with Gasteiger partial charge in [-0.25, -0.2) is 0 Å². The van der Waals surface area contributed by atoms with Gasteiger partial charge in [0.2, 0.25) is 0 Å². The first kappa shape index (κ1) is 11.8. The highest BCUT2D eigenvalue weighted by Gasteiger charge is 2.36. The van der Waals surface area contributed by atoms with Crippen molar-refractivity contribution in [2.75, 3.05) is 0 Å². The minimum Gasteiger partial charge on any atom is -0.293 e. The molecule has 0 aliphatic heterocycles. The molecule has 0 amide bonds. The number of carbonyl (C=O) groups excluding carboxylic acids is 2. The van der Waals surface area contributed by atoms with Crippen LogP contribution in [0.1, 0.15) is 25.6 Å². The van der Waals surface area contributed by atoms with E-state index >= 15 is 0 Å². The molecule has 0 saturated carbocycles. The van der Waals surface area contributed by atoms with Crippen molar-refractivity contribution in [1.29, 1.82) is 0 Å². The van der Waals surface area contributed by atoms with Crippen molar-refractivity contribution in [1.82, 2.24) is 0 Å². The summed E-state index contributed by atoms with van der Waals surface area (Å²) in [6.07, 6.45) is 0.556. The second-order valence-electron chi connectivity index (χ2n) is 4.25. The molecule has 1 aliphatic carbocycles. The maximum atomic E-state index is 12.3. The van der Waals surface area contributed by atoms with E-state index in [0.29, 0.717) is 12.0 Å². The first-order valence-electron chi connectivity index (χ1n) is 5.57. The molecule has 90 valence electrons. The number of carbonyl (C=O) groups is 2. The highest BCUT2D eigenvalue weighted by atomic mass is 79.9. The lowest BCUT2D eigenvalue weighted by atomic mass is 9.94. The monoisotopic (exact) mass is 320 g/mol. The zero-order valence-electron chi connectivity index (χ0n) is 9.35. The quantitative estimate of drug-likeness (QED) is 0.624. The Morgan fingerprint density at radius 3 is 2.61 bits per heavy atom. The number of ketones is 2. The number of hydrogen-bond acceptors (Lipinski definition) is 3. The zero-order chi connectivity index (χ0) is 12.7. The van der Waals surface area contributed by atoms with Crippen LogP contribution >= 0.6 is 27.3 Å². The average molecular weight is 321 g/mol. The molecule has 2 aromatic rings. The number of thiophene rings is 1. The largest absolute Gasteiger partial charge is 0.293 e. The van der Waals surface area contributed by atoms with Crippen LogP contribution in [0.25, 0.3) is 0 Å². The first-order valence-corrected chi connectivity index (χ1v) is 7.24. The Hall–Kier alpha value is -1.26. The summed E-state index contributed by atoms with van der Waals surface area (Å²) in [5.41, 5.74) is 1.34. The number of rotatable bonds is 2. The van der Waals surface area contributed by atoms with Gasteiger partial charge in [0, 0.05) is 20.5 Å². The van der Waals surface area contributed by atoms with E-state index in [-0.39, 0.29) is 11.6 Å². The van der Waals surface area contributed by atoms with Crippen molar-refractivity contribution in [3.63, 3.8) is 0 Å². The van der Waals surface area contributed by atoms with Gasteiger partial charge in [-0.1, -0.05) is 28.1 Å². The molecule has 1 aromatic heterocycles. The Balaban J connectivity index is 1.89. The number of Topliss-reactive ketones (excluding diaryl/α,β-unsaturated/α-hetero) is 2. The molecule has 0 bridgehead atoms. The van der Waals surface area contributed by atoms with Crippen molar-refractivity contribution < 1.29 is 9.59 Å². The minimum absolute atomic E-state index is 0.0285. The second kappa shape index (κ2) is 4.44. The molecule has 18 heavy (non-hydrogen) atoms. The topological polar surface area (TPSA) is 34.1 Å². The van der Waals surface area contributed by atoms with E-state index in [1.165, 1.54) is 0 Å². The zero-order valence-corrected chi connectivity index (χ0v) is 11.8. The molecule has 0 radical (unpaired) electrons. The summed E-state index contributed by atoms with van der Waals surface area (Å²) in [5.74, 6) is -0.622. The molecule has 0 N–H and O–H groups in total. The number of halogens is 1. The molecular weight excluding hydrogens is 312 g/mol. The Morgan fingerprint density at radius 1 is 1.22 bits per heavy atom. The average Bonchev–Trinajstić information content (AvgIpc) is 2.93. The van der Waals surface area contributed by atoms with Crippen LogP contribution in [0.3, 0.4) is 0 Å². The molecule has 3 rings (SSSR count). The molecule has 1 heterocycles. The minimum atomic E-state index is -0.520. The van der Waals surface area contributed by atoms with Gasteiger partial charge in [-0.2, -0.15) is 0 Å². The van der Waals surface area contributed by atoms with Crippen LogP contribution in [0.5, 0.6) is 0 Å². The first-order chi connectivity index (χ1) is 8.66. The maximum absolute atomic E-state index is 12.3. The fourth-order valence-electron chi connectivity index (χ4n) is 2.21. The van der Waals surface area contributed by atoms with Gasteiger partial charge in [0.1, 0.15) is 0 Å². The molecule has 0 spiro atoms.